The van der Waals surface area contributed by atoms with Crippen molar-refractivity contribution in [2.24, 2.45) is 5.92 Å². The zero-order chi connectivity index (χ0) is 12.4. The monoisotopic (exact) mass is 235 g/mol. The summed E-state index contributed by atoms with van der Waals surface area (Å²) in [6, 6.07) is 4.71. The van der Waals surface area contributed by atoms with Gasteiger partial charge in [-0.05, 0) is 24.8 Å². The van der Waals surface area contributed by atoms with Crippen LogP contribution in [0.4, 0.5) is 17.1 Å². The summed E-state index contributed by atoms with van der Waals surface area (Å²) in [6.45, 7) is 4.20. The standard InChI is InChI=1S/C12H17N3O2/c1-9-4-6-14(7-5-9)12-3-2-10(15(16)17)8-11(12)13/h2-3,8-9H,4-7,13H2,1H3. The highest BCUT2D eigenvalue weighted by Gasteiger charge is 2.19. The minimum Gasteiger partial charge on any atom is -0.397 e. The van der Waals surface area contributed by atoms with Crippen LogP contribution in [-0.4, -0.2) is 18.0 Å². The van der Waals surface area contributed by atoms with Crippen LogP contribution in [-0.2, 0) is 0 Å². The van der Waals surface area contributed by atoms with Gasteiger partial charge in [0.15, 0.2) is 0 Å². The van der Waals surface area contributed by atoms with E-state index in [0.717, 1.165) is 37.5 Å². The fraction of sp³-hybridized carbons (Fsp3) is 0.500. The molecule has 0 spiro atoms. The molecule has 5 nitrogen and oxygen atoms in total. The molecule has 92 valence electrons. The van der Waals surface area contributed by atoms with E-state index in [1.54, 1.807) is 6.07 Å². The molecular formula is C12H17N3O2. The van der Waals surface area contributed by atoms with E-state index in [9.17, 15) is 10.1 Å². The molecule has 0 aliphatic carbocycles. The Labute approximate surface area is 100 Å². The van der Waals surface area contributed by atoms with Crippen molar-refractivity contribution in [1.29, 1.82) is 0 Å². The molecule has 17 heavy (non-hydrogen) atoms. The number of anilines is 2. The molecule has 0 amide bonds. The molecule has 1 aromatic rings. The van der Waals surface area contributed by atoms with Crippen molar-refractivity contribution >= 4 is 17.1 Å². The van der Waals surface area contributed by atoms with Crippen LogP contribution < -0.4 is 10.6 Å². The van der Waals surface area contributed by atoms with Gasteiger partial charge in [-0.25, -0.2) is 0 Å². The van der Waals surface area contributed by atoms with Crippen molar-refractivity contribution in [1.82, 2.24) is 0 Å². The smallest absolute Gasteiger partial charge is 0.271 e. The number of nitro groups is 1. The molecule has 1 aliphatic rings. The largest absolute Gasteiger partial charge is 0.397 e. The Bertz CT molecular complexity index is 426. The number of nitro benzene ring substituents is 1. The summed E-state index contributed by atoms with van der Waals surface area (Å²) in [7, 11) is 0. The Morgan fingerprint density at radius 2 is 2.06 bits per heavy atom. The maximum atomic E-state index is 10.6. The number of piperidine rings is 1. The number of nitrogens with two attached hydrogens (primary N) is 1. The van der Waals surface area contributed by atoms with Crippen LogP contribution in [0, 0.1) is 16.0 Å². The molecule has 1 aromatic carbocycles. The minimum absolute atomic E-state index is 0.0524. The quantitative estimate of drug-likeness (QED) is 0.485. The summed E-state index contributed by atoms with van der Waals surface area (Å²) >= 11 is 0. The summed E-state index contributed by atoms with van der Waals surface area (Å²) < 4.78 is 0. The molecule has 0 unspecified atom stereocenters. The first-order valence-electron chi connectivity index (χ1n) is 5.87. The van der Waals surface area contributed by atoms with Gasteiger partial charge in [0.2, 0.25) is 0 Å². The Hall–Kier alpha value is -1.78. The average molecular weight is 235 g/mol. The number of non-ortho nitro benzene ring substituents is 1. The predicted molar refractivity (Wildman–Crippen MR) is 68.1 cm³/mol. The van der Waals surface area contributed by atoms with Gasteiger partial charge < -0.3 is 10.6 Å². The zero-order valence-electron chi connectivity index (χ0n) is 9.93. The van der Waals surface area contributed by atoms with Crippen LogP contribution in [0.1, 0.15) is 19.8 Å². The SMILES string of the molecule is CC1CCN(c2ccc([N+](=O)[O-])cc2N)CC1. The maximum absolute atomic E-state index is 10.6. The summed E-state index contributed by atoms with van der Waals surface area (Å²) in [5.74, 6) is 0.755. The lowest BCUT2D eigenvalue weighted by Crippen LogP contribution is -2.33. The third-order valence-electron chi connectivity index (χ3n) is 3.35. The van der Waals surface area contributed by atoms with E-state index in [2.05, 4.69) is 11.8 Å². The second-order valence-electron chi connectivity index (χ2n) is 4.67. The number of hydrogen-bond donors (Lipinski definition) is 1. The van der Waals surface area contributed by atoms with Gasteiger partial charge in [0, 0.05) is 25.2 Å². The first-order chi connectivity index (χ1) is 8.08. The maximum Gasteiger partial charge on any atom is 0.271 e. The zero-order valence-corrected chi connectivity index (χ0v) is 9.93. The Morgan fingerprint density at radius 1 is 1.41 bits per heavy atom. The molecular weight excluding hydrogens is 218 g/mol. The number of benzene rings is 1. The van der Waals surface area contributed by atoms with Gasteiger partial charge in [-0.3, -0.25) is 10.1 Å². The molecule has 5 heteroatoms. The minimum atomic E-state index is -0.418. The van der Waals surface area contributed by atoms with Crippen LogP contribution >= 0.6 is 0 Å². The van der Waals surface area contributed by atoms with Gasteiger partial charge >= 0.3 is 0 Å². The summed E-state index contributed by atoms with van der Waals surface area (Å²) in [5.41, 5.74) is 7.34. The lowest BCUT2D eigenvalue weighted by molar-refractivity contribution is -0.384. The molecule has 1 aliphatic heterocycles. The van der Waals surface area contributed by atoms with Gasteiger partial charge in [0.25, 0.3) is 5.69 Å². The van der Waals surface area contributed by atoms with Gasteiger partial charge in [0.1, 0.15) is 0 Å². The van der Waals surface area contributed by atoms with Crippen molar-refractivity contribution in [3.63, 3.8) is 0 Å². The summed E-state index contributed by atoms with van der Waals surface area (Å²) in [4.78, 5) is 12.4. The Kier molecular flexibility index (Phi) is 3.17. The van der Waals surface area contributed by atoms with Crippen LogP contribution in [0.5, 0.6) is 0 Å². The number of hydrogen-bond acceptors (Lipinski definition) is 4. The van der Waals surface area contributed by atoms with Gasteiger partial charge in [-0.2, -0.15) is 0 Å². The molecule has 0 bridgehead atoms. The molecule has 1 heterocycles. The Balaban J connectivity index is 2.19. The van der Waals surface area contributed by atoms with E-state index in [-0.39, 0.29) is 5.69 Å². The molecule has 0 saturated carbocycles. The molecule has 1 saturated heterocycles. The molecule has 0 radical (unpaired) electrons. The van der Waals surface area contributed by atoms with Crippen LogP contribution in [0.2, 0.25) is 0 Å². The summed E-state index contributed by atoms with van der Waals surface area (Å²) in [5, 5.41) is 10.6. The highest BCUT2D eigenvalue weighted by Crippen LogP contribution is 2.30. The third-order valence-corrected chi connectivity index (χ3v) is 3.35. The van der Waals surface area contributed by atoms with E-state index in [1.165, 1.54) is 12.1 Å². The lowest BCUT2D eigenvalue weighted by Gasteiger charge is -2.32. The normalized spacial score (nSPS) is 17.1. The molecule has 1 fully saturated rings. The van der Waals surface area contributed by atoms with Gasteiger partial charge in [-0.1, -0.05) is 6.92 Å². The first kappa shape index (κ1) is 11.7. The van der Waals surface area contributed by atoms with Crippen LogP contribution in [0.15, 0.2) is 18.2 Å². The van der Waals surface area contributed by atoms with E-state index >= 15 is 0 Å². The van der Waals surface area contributed by atoms with Crippen molar-refractivity contribution in [3.8, 4) is 0 Å². The average Bonchev–Trinajstić information content (AvgIpc) is 2.30. The fourth-order valence-corrected chi connectivity index (χ4v) is 2.19. The van der Waals surface area contributed by atoms with Gasteiger partial charge in [0.05, 0.1) is 16.3 Å². The molecule has 0 aromatic heterocycles. The predicted octanol–water partition coefficient (Wildman–Crippen LogP) is 2.41. The molecule has 2 rings (SSSR count). The van der Waals surface area contributed by atoms with Gasteiger partial charge in [-0.15, -0.1) is 0 Å². The van der Waals surface area contributed by atoms with E-state index in [0.29, 0.717) is 5.69 Å². The third kappa shape index (κ3) is 2.49. The van der Waals surface area contributed by atoms with Crippen LogP contribution in [0.3, 0.4) is 0 Å². The lowest BCUT2D eigenvalue weighted by atomic mass is 9.98. The van der Waals surface area contributed by atoms with E-state index in [1.807, 2.05) is 0 Å². The van der Waals surface area contributed by atoms with Crippen molar-refractivity contribution < 1.29 is 4.92 Å². The van der Waals surface area contributed by atoms with Crippen LogP contribution in [0.25, 0.3) is 0 Å². The van der Waals surface area contributed by atoms with E-state index < -0.39 is 4.92 Å². The number of nitrogen functional groups attached to an aromatic ring is 1. The first-order valence-corrected chi connectivity index (χ1v) is 5.87. The van der Waals surface area contributed by atoms with E-state index in [4.69, 9.17) is 5.73 Å². The number of nitrogens with zero attached hydrogens (tertiary/aromatic N) is 2. The topological polar surface area (TPSA) is 72.4 Å². The van der Waals surface area contributed by atoms with Crippen molar-refractivity contribution in [2.45, 2.75) is 19.8 Å². The molecule has 0 atom stereocenters. The summed E-state index contributed by atoms with van der Waals surface area (Å²) in [6.07, 6.45) is 2.30. The van der Waals surface area contributed by atoms with Crippen molar-refractivity contribution in [3.05, 3.63) is 28.3 Å². The highest BCUT2D eigenvalue weighted by molar-refractivity contribution is 5.70. The highest BCUT2D eigenvalue weighted by atomic mass is 16.6. The van der Waals surface area contributed by atoms with Crippen molar-refractivity contribution in [2.75, 3.05) is 23.7 Å². The number of rotatable bonds is 2. The Morgan fingerprint density at radius 3 is 2.59 bits per heavy atom. The second-order valence-corrected chi connectivity index (χ2v) is 4.67. The molecule has 2 N–H and O–H groups in total. The fourth-order valence-electron chi connectivity index (χ4n) is 2.19. The second kappa shape index (κ2) is 4.61.